The van der Waals surface area contributed by atoms with Crippen LogP contribution in [-0.4, -0.2) is 12.3 Å². The summed E-state index contributed by atoms with van der Waals surface area (Å²) in [5.74, 6) is 0. The summed E-state index contributed by atoms with van der Waals surface area (Å²) in [4.78, 5) is 7.95. The van der Waals surface area contributed by atoms with Crippen molar-refractivity contribution in [3.63, 3.8) is 0 Å². The Morgan fingerprint density at radius 2 is 1.17 bits per heavy atom. The number of aryl methyl sites for hydroxylation is 4. The number of rotatable bonds is 5. The number of nitrogens with zero attached hydrogens (tertiary/aromatic N) is 3. The van der Waals surface area contributed by atoms with Crippen LogP contribution in [-0.2, 0) is 5.41 Å². The van der Waals surface area contributed by atoms with Gasteiger partial charge in [-0.3, -0.25) is 0 Å². The van der Waals surface area contributed by atoms with E-state index < -0.39 is 0 Å². The van der Waals surface area contributed by atoms with Gasteiger partial charge in [0.05, 0.1) is 11.2 Å². The second-order valence-electron chi connectivity index (χ2n) is 18.1. The van der Waals surface area contributed by atoms with Crippen LogP contribution in [0.5, 0.6) is 0 Å². The molecule has 0 saturated heterocycles. The summed E-state index contributed by atoms with van der Waals surface area (Å²) in [5, 5.41) is 0. The largest absolute Gasteiger partial charge is 0.335 e. The average molecular weight is 752 g/mol. The first-order valence-electron chi connectivity index (χ1n) is 21.3. The van der Waals surface area contributed by atoms with Gasteiger partial charge in [-0.25, -0.2) is 0 Å². The van der Waals surface area contributed by atoms with E-state index >= 15 is 0 Å². The van der Waals surface area contributed by atoms with Crippen molar-refractivity contribution in [2.45, 2.75) is 78.2 Å². The van der Waals surface area contributed by atoms with Gasteiger partial charge >= 0.3 is 0 Å². The van der Waals surface area contributed by atoms with Gasteiger partial charge in [-0.15, -0.1) is 0 Å². The Morgan fingerprint density at radius 1 is 0.517 bits per heavy atom. The van der Waals surface area contributed by atoms with Crippen LogP contribution >= 0.6 is 0 Å². The molecule has 58 heavy (non-hydrogen) atoms. The van der Waals surface area contributed by atoms with E-state index in [1.165, 1.54) is 120 Å². The van der Waals surface area contributed by atoms with E-state index in [-0.39, 0.29) is 17.7 Å². The lowest BCUT2D eigenvalue weighted by molar-refractivity contribution is 0.195. The summed E-state index contributed by atoms with van der Waals surface area (Å²) in [6.45, 7) is 14.1. The minimum absolute atomic E-state index is 0.0182. The van der Waals surface area contributed by atoms with Crippen molar-refractivity contribution in [2.24, 2.45) is 0 Å². The van der Waals surface area contributed by atoms with Crippen molar-refractivity contribution < 1.29 is 0 Å². The molecule has 4 heteroatoms. The van der Waals surface area contributed by atoms with Crippen LogP contribution in [0.4, 0.5) is 45.5 Å². The quantitative estimate of drug-likeness (QED) is 0.162. The molecule has 1 fully saturated rings. The maximum atomic E-state index is 2.86. The highest BCUT2D eigenvalue weighted by Crippen LogP contribution is 2.62. The average Bonchev–Trinajstić information content (AvgIpc) is 3.43. The van der Waals surface area contributed by atoms with Gasteiger partial charge in [0.25, 0.3) is 6.71 Å². The third-order valence-corrected chi connectivity index (χ3v) is 14.3. The van der Waals surface area contributed by atoms with E-state index in [0.29, 0.717) is 0 Å². The van der Waals surface area contributed by atoms with Crippen molar-refractivity contribution in [3.8, 4) is 11.1 Å². The first-order chi connectivity index (χ1) is 28.1. The molecule has 3 aliphatic heterocycles. The second kappa shape index (κ2) is 12.8. The summed E-state index contributed by atoms with van der Waals surface area (Å²) >= 11 is 0. The fraction of sp³-hybridized carbons (Fsp3) is 0.222. The molecule has 7 aromatic carbocycles. The van der Waals surface area contributed by atoms with Gasteiger partial charge in [-0.2, -0.15) is 0 Å². The molecule has 3 heterocycles. The third kappa shape index (κ3) is 5.00. The highest BCUT2D eigenvalue weighted by Gasteiger charge is 2.61. The first kappa shape index (κ1) is 35.2. The maximum absolute atomic E-state index is 2.86. The van der Waals surface area contributed by atoms with Gasteiger partial charge in [0, 0.05) is 45.2 Å². The summed E-state index contributed by atoms with van der Waals surface area (Å²) in [6, 6.07) is 55.6. The first-order valence-corrected chi connectivity index (χ1v) is 21.3. The van der Waals surface area contributed by atoms with E-state index in [1.807, 2.05) is 0 Å². The van der Waals surface area contributed by atoms with Crippen molar-refractivity contribution in [2.75, 3.05) is 14.7 Å². The molecule has 0 N–H and O–H groups in total. The van der Waals surface area contributed by atoms with E-state index in [9.17, 15) is 0 Å². The van der Waals surface area contributed by atoms with E-state index in [1.54, 1.807) is 0 Å². The summed E-state index contributed by atoms with van der Waals surface area (Å²) in [5.41, 5.74) is 23.3. The van der Waals surface area contributed by atoms with Crippen LogP contribution in [0.2, 0.25) is 0 Å². The molecule has 4 aliphatic rings. The van der Waals surface area contributed by atoms with Gasteiger partial charge in [0.15, 0.2) is 0 Å². The zero-order chi connectivity index (χ0) is 39.5. The maximum Gasteiger partial charge on any atom is 0.252 e. The molecule has 2 unspecified atom stereocenters. The van der Waals surface area contributed by atoms with Crippen molar-refractivity contribution >= 4 is 68.6 Å². The normalized spacial score (nSPS) is 19.7. The van der Waals surface area contributed by atoms with Crippen LogP contribution in [0.25, 0.3) is 11.1 Å². The minimum Gasteiger partial charge on any atom is -0.335 e. The molecule has 3 nitrogen and oxygen atoms in total. The number of anilines is 8. The number of hydrogen-bond donors (Lipinski definition) is 0. The molecular weight excluding hydrogens is 701 g/mol. The Bertz CT molecular complexity index is 2760. The fourth-order valence-electron chi connectivity index (χ4n) is 11.4. The van der Waals surface area contributed by atoms with Crippen LogP contribution < -0.4 is 31.1 Å². The Kier molecular flexibility index (Phi) is 7.74. The SMILES string of the molecule is Cc1cccc(N(c2cccc(C)c2)c2cc3c4c(c2)N2c5c(cc(-c6ccccc6)cc5C5(C)CCCCC25C)B4c2ccc(C)cc2N3c2cccc(C)c2)c1. The highest BCUT2D eigenvalue weighted by atomic mass is 15.3. The Hall–Kier alpha value is -6.00. The minimum atomic E-state index is -0.103. The molecule has 11 rings (SSSR count). The van der Waals surface area contributed by atoms with Crippen LogP contribution in [0.1, 0.15) is 67.3 Å². The molecule has 0 aromatic heterocycles. The predicted molar refractivity (Wildman–Crippen MR) is 248 cm³/mol. The van der Waals surface area contributed by atoms with Crippen LogP contribution in [0.3, 0.4) is 0 Å². The topological polar surface area (TPSA) is 9.72 Å². The molecule has 7 aromatic rings. The molecule has 1 saturated carbocycles. The zero-order valence-electron chi connectivity index (χ0n) is 34.6. The Morgan fingerprint density at radius 3 is 1.88 bits per heavy atom. The molecule has 2 atom stereocenters. The third-order valence-electron chi connectivity index (χ3n) is 14.3. The lowest BCUT2D eigenvalue weighted by Gasteiger charge is -2.53. The number of benzene rings is 7. The predicted octanol–water partition coefficient (Wildman–Crippen LogP) is 12.4. The number of hydrogen-bond acceptors (Lipinski definition) is 3. The van der Waals surface area contributed by atoms with Gasteiger partial charge in [-0.1, -0.05) is 105 Å². The summed E-state index contributed by atoms with van der Waals surface area (Å²) < 4.78 is 0. The highest BCUT2D eigenvalue weighted by molar-refractivity contribution is 7.00. The smallest absolute Gasteiger partial charge is 0.252 e. The van der Waals surface area contributed by atoms with E-state index in [2.05, 4.69) is 202 Å². The molecule has 284 valence electrons. The Balaban J connectivity index is 1.29. The van der Waals surface area contributed by atoms with Gasteiger partial charge in [0.1, 0.15) is 0 Å². The molecule has 0 spiro atoms. The summed E-state index contributed by atoms with van der Waals surface area (Å²) in [7, 11) is 0. The molecule has 0 radical (unpaired) electrons. The lowest BCUT2D eigenvalue weighted by atomic mass is 9.33. The van der Waals surface area contributed by atoms with Gasteiger partial charge < -0.3 is 14.7 Å². The lowest BCUT2D eigenvalue weighted by Crippen LogP contribution is -2.64. The van der Waals surface area contributed by atoms with Gasteiger partial charge in [0.2, 0.25) is 0 Å². The van der Waals surface area contributed by atoms with Crippen LogP contribution in [0, 0.1) is 27.7 Å². The molecule has 0 bridgehead atoms. The van der Waals surface area contributed by atoms with E-state index in [4.69, 9.17) is 0 Å². The van der Waals surface area contributed by atoms with Crippen LogP contribution in [0.15, 0.2) is 146 Å². The van der Waals surface area contributed by atoms with Crippen molar-refractivity contribution in [1.29, 1.82) is 0 Å². The number of fused-ring (bicyclic) bond motifs is 7. The zero-order valence-corrected chi connectivity index (χ0v) is 34.6. The van der Waals surface area contributed by atoms with Crippen molar-refractivity contribution in [3.05, 3.63) is 173 Å². The second-order valence-corrected chi connectivity index (χ2v) is 18.1. The fourth-order valence-corrected chi connectivity index (χ4v) is 11.4. The van der Waals surface area contributed by atoms with Crippen molar-refractivity contribution in [1.82, 2.24) is 0 Å². The Labute approximate surface area is 344 Å². The summed E-state index contributed by atoms with van der Waals surface area (Å²) in [6.07, 6.45) is 4.82. The van der Waals surface area contributed by atoms with Gasteiger partial charge in [-0.05, 0) is 163 Å². The molecular formula is C54H50BN3. The van der Waals surface area contributed by atoms with E-state index in [0.717, 1.165) is 6.42 Å². The monoisotopic (exact) mass is 751 g/mol. The standard InChI is InChI=1S/C54H50BN3/c1-35-15-12-20-41(27-35)56(42-21-13-16-36(2)28-42)44-33-49-51-50(34-44)58-52-45(53(5)25-10-11-26-54(53,58)6)31-40(39-18-8-7-9-19-39)32-47(52)55(51)46-24-23-38(4)30-48(46)57(49)43-22-14-17-37(3)29-43/h7-9,12-24,27-34H,10-11,25-26H2,1-6H3. The molecule has 0 amide bonds. The molecule has 1 aliphatic carbocycles.